The third kappa shape index (κ3) is 2.08. The van der Waals surface area contributed by atoms with Crippen LogP contribution in [0.15, 0.2) is 18.6 Å². The van der Waals surface area contributed by atoms with Gasteiger partial charge in [-0.2, -0.15) is 0 Å². The predicted molar refractivity (Wildman–Crippen MR) is 56.7 cm³/mol. The molecule has 2 N–H and O–H groups in total. The Morgan fingerprint density at radius 3 is 2.43 bits per heavy atom. The zero-order valence-corrected chi connectivity index (χ0v) is 9.23. The van der Waals surface area contributed by atoms with E-state index in [0.717, 1.165) is 5.69 Å². The van der Waals surface area contributed by atoms with Gasteiger partial charge in [0.05, 0.1) is 17.9 Å². The number of nitrogens with zero attached hydrogens (tertiary/aromatic N) is 3. The predicted octanol–water partition coefficient (Wildman–Crippen LogP) is 0.817. The summed E-state index contributed by atoms with van der Waals surface area (Å²) in [6.45, 7) is 4.18. The molecule has 1 aromatic rings. The highest BCUT2D eigenvalue weighted by atomic mass is 15.2. The van der Waals surface area contributed by atoms with Gasteiger partial charge >= 0.3 is 0 Å². The second-order valence-corrected chi connectivity index (χ2v) is 4.16. The maximum absolute atomic E-state index is 6.13. The molecular weight excluding hydrogens is 176 g/mol. The quantitative estimate of drug-likeness (QED) is 0.774. The SMILES string of the molecule is CN(C)C(C)(C)C(N)c1cnccn1. The lowest BCUT2D eigenvalue weighted by Crippen LogP contribution is -2.47. The molecule has 1 unspecified atom stereocenters. The van der Waals surface area contributed by atoms with Crippen LogP contribution in [0.4, 0.5) is 0 Å². The van der Waals surface area contributed by atoms with E-state index >= 15 is 0 Å². The smallest absolute Gasteiger partial charge is 0.0772 e. The fourth-order valence-electron chi connectivity index (χ4n) is 1.11. The summed E-state index contributed by atoms with van der Waals surface area (Å²) in [5, 5.41) is 0. The van der Waals surface area contributed by atoms with Gasteiger partial charge in [-0.25, -0.2) is 0 Å². The van der Waals surface area contributed by atoms with Crippen molar-refractivity contribution in [3.63, 3.8) is 0 Å². The molecule has 0 radical (unpaired) electrons. The molecule has 0 bridgehead atoms. The molecule has 0 fully saturated rings. The molecule has 14 heavy (non-hydrogen) atoms. The molecular formula is C10H18N4. The third-order valence-electron chi connectivity index (χ3n) is 2.82. The molecule has 4 nitrogen and oxygen atoms in total. The lowest BCUT2D eigenvalue weighted by atomic mass is 9.92. The molecule has 0 spiro atoms. The van der Waals surface area contributed by atoms with Crippen molar-refractivity contribution in [2.75, 3.05) is 14.1 Å². The van der Waals surface area contributed by atoms with Gasteiger partial charge in [-0.15, -0.1) is 0 Å². The number of hydrogen-bond donors (Lipinski definition) is 1. The Morgan fingerprint density at radius 1 is 1.36 bits per heavy atom. The van der Waals surface area contributed by atoms with E-state index in [0.29, 0.717) is 0 Å². The van der Waals surface area contributed by atoms with Gasteiger partial charge in [-0.05, 0) is 27.9 Å². The van der Waals surface area contributed by atoms with Crippen molar-refractivity contribution in [3.05, 3.63) is 24.3 Å². The number of hydrogen-bond acceptors (Lipinski definition) is 4. The Kier molecular flexibility index (Phi) is 3.18. The summed E-state index contributed by atoms with van der Waals surface area (Å²) < 4.78 is 0. The van der Waals surface area contributed by atoms with Crippen LogP contribution in [0.3, 0.4) is 0 Å². The third-order valence-corrected chi connectivity index (χ3v) is 2.82. The molecule has 0 amide bonds. The van der Waals surface area contributed by atoms with Gasteiger partial charge in [-0.1, -0.05) is 0 Å². The fourth-order valence-corrected chi connectivity index (χ4v) is 1.11. The van der Waals surface area contributed by atoms with Crippen LogP contribution in [0.5, 0.6) is 0 Å². The van der Waals surface area contributed by atoms with Crippen LogP contribution in [0.1, 0.15) is 25.6 Å². The summed E-state index contributed by atoms with van der Waals surface area (Å²) >= 11 is 0. The summed E-state index contributed by atoms with van der Waals surface area (Å²) in [6, 6.07) is -0.133. The van der Waals surface area contributed by atoms with Gasteiger partial charge < -0.3 is 10.6 Å². The van der Waals surface area contributed by atoms with Crippen molar-refractivity contribution in [3.8, 4) is 0 Å². The topological polar surface area (TPSA) is 55.0 Å². The molecule has 1 aromatic heterocycles. The zero-order valence-electron chi connectivity index (χ0n) is 9.23. The first kappa shape index (κ1) is 11.1. The van der Waals surface area contributed by atoms with Gasteiger partial charge in [0.1, 0.15) is 0 Å². The lowest BCUT2D eigenvalue weighted by molar-refractivity contribution is 0.156. The van der Waals surface area contributed by atoms with E-state index in [-0.39, 0.29) is 11.6 Å². The van der Waals surface area contributed by atoms with Crippen LogP contribution < -0.4 is 5.73 Å². The Morgan fingerprint density at radius 2 is 2.00 bits per heavy atom. The number of rotatable bonds is 3. The van der Waals surface area contributed by atoms with Crippen molar-refractivity contribution >= 4 is 0 Å². The highest BCUT2D eigenvalue weighted by Gasteiger charge is 2.30. The number of likely N-dealkylation sites (N-methyl/N-ethyl adjacent to an activating group) is 1. The average Bonchev–Trinajstić information content (AvgIpc) is 2.17. The molecule has 78 valence electrons. The van der Waals surface area contributed by atoms with E-state index in [1.807, 2.05) is 14.1 Å². The first-order valence-electron chi connectivity index (χ1n) is 4.65. The van der Waals surface area contributed by atoms with E-state index in [1.165, 1.54) is 0 Å². The first-order valence-corrected chi connectivity index (χ1v) is 4.65. The van der Waals surface area contributed by atoms with E-state index < -0.39 is 0 Å². The zero-order chi connectivity index (χ0) is 10.8. The minimum Gasteiger partial charge on any atom is -0.321 e. The van der Waals surface area contributed by atoms with Gasteiger partial charge in [0.2, 0.25) is 0 Å². The van der Waals surface area contributed by atoms with Crippen molar-refractivity contribution in [1.29, 1.82) is 0 Å². The van der Waals surface area contributed by atoms with Crippen LogP contribution in [-0.2, 0) is 0 Å². The fraction of sp³-hybridized carbons (Fsp3) is 0.600. The largest absolute Gasteiger partial charge is 0.321 e. The second-order valence-electron chi connectivity index (χ2n) is 4.16. The van der Waals surface area contributed by atoms with Gasteiger partial charge in [0.25, 0.3) is 0 Å². The van der Waals surface area contributed by atoms with Crippen molar-refractivity contribution < 1.29 is 0 Å². The average molecular weight is 194 g/mol. The summed E-state index contributed by atoms with van der Waals surface area (Å²) in [7, 11) is 4.02. The van der Waals surface area contributed by atoms with E-state index in [1.54, 1.807) is 18.6 Å². The van der Waals surface area contributed by atoms with E-state index in [9.17, 15) is 0 Å². The van der Waals surface area contributed by atoms with Crippen molar-refractivity contribution in [2.45, 2.75) is 25.4 Å². The second kappa shape index (κ2) is 4.02. The maximum Gasteiger partial charge on any atom is 0.0772 e. The molecule has 0 aliphatic heterocycles. The first-order chi connectivity index (χ1) is 6.46. The normalized spacial score (nSPS) is 14.4. The Balaban J connectivity index is 2.90. The van der Waals surface area contributed by atoms with Gasteiger partial charge in [0.15, 0.2) is 0 Å². The van der Waals surface area contributed by atoms with Crippen LogP contribution >= 0.6 is 0 Å². The minimum absolute atomic E-state index is 0.129. The maximum atomic E-state index is 6.13. The van der Waals surface area contributed by atoms with Crippen LogP contribution in [0.2, 0.25) is 0 Å². The summed E-state index contributed by atoms with van der Waals surface area (Å²) in [5.41, 5.74) is 6.83. The Hall–Kier alpha value is -1.00. The van der Waals surface area contributed by atoms with E-state index in [2.05, 4.69) is 28.7 Å². The molecule has 4 heteroatoms. The minimum atomic E-state index is -0.133. The Bertz CT molecular complexity index is 281. The Labute approximate surface area is 85.2 Å². The summed E-state index contributed by atoms with van der Waals surface area (Å²) in [5.74, 6) is 0. The van der Waals surface area contributed by atoms with Crippen LogP contribution in [-0.4, -0.2) is 34.5 Å². The number of nitrogens with two attached hydrogens (primary N) is 1. The standard InChI is InChI=1S/C10H18N4/c1-10(2,14(3)4)9(11)8-7-12-5-6-13-8/h5-7,9H,11H2,1-4H3. The van der Waals surface area contributed by atoms with Crippen molar-refractivity contribution in [2.24, 2.45) is 5.73 Å². The van der Waals surface area contributed by atoms with Gasteiger partial charge in [0, 0.05) is 17.9 Å². The monoisotopic (exact) mass is 194 g/mol. The van der Waals surface area contributed by atoms with Crippen LogP contribution in [0, 0.1) is 0 Å². The van der Waals surface area contributed by atoms with Crippen molar-refractivity contribution in [1.82, 2.24) is 14.9 Å². The van der Waals surface area contributed by atoms with Gasteiger partial charge in [-0.3, -0.25) is 9.97 Å². The molecule has 0 saturated heterocycles. The molecule has 0 saturated carbocycles. The molecule has 1 atom stereocenters. The summed E-state index contributed by atoms with van der Waals surface area (Å²) in [6.07, 6.45) is 5.04. The molecule has 0 aromatic carbocycles. The molecule has 0 aliphatic carbocycles. The van der Waals surface area contributed by atoms with Crippen LogP contribution in [0.25, 0.3) is 0 Å². The number of aromatic nitrogens is 2. The lowest BCUT2D eigenvalue weighted by Gasteiger charge is -2.37. The molecule has 1 heterocycles. The highest BCUT2D eigenvalue weighted by Crippen LogP contribution is 2.24. The van der Waals surface area contributed by atoms with E-state index in [4.69, 9.17) is 5.73 Å². The summed E-state index contributed by atoms with van der Waals surface area (Å²) in [4.78, 5) is 10.3. The molecule has 1 rings (SSSR count). The molecule has 0 aliphatic rings. The highest BCUT2D eigenvalue weighted by molar-refractivity contribution is 5.08.